The van der Waals surface area contributed by atoms with Crippen LogP contribution in [-0.4, -0.2) is 58.0 Å². The number of allylic oxidation sites excluding steroid dienone is 15. The minimum Gasteiger partial charge on any atom is -0.462 e. The molecule has 4 atom stereocenters. The van der Waals surface area contributed by atoms with Gasteiger partial charge in [-0.2, -0.15) is 0 Å². The molecule has 1 aliphatic carbocycles. The molecule has 0 aromatic carbocycles. The van der Waals surface area contributed by atoms with Crippen molar-refractivity contribution in [3.8, 4) is 0 Å². The Bertz CT molecular complexity index is 1330. The van der Waals surface area contributed by atoms with Gasteiger partial charge in [-0.15, -0.1) is 0 Å². The van der Waals surface area contributed by atoms with Crippen LogP contribution < -0.4 is 0 Å². The first-order chi connectivity index (χ1) is 26.1. The predicted molar refractivity (Wildman–Crippen MR) is 215 cm³/mol. The molecule has 0 radical (unpaired) electrons. The normalized spacial score (nSPS) is 17.9. The Morgan fingerprint density at radius 2 is 1.35 bits per heavy atom. The molecule has 0 amide bonds. The van der Waals surface area contributed by atoms with Crippen LogP contribution in [0.25, 0.3) is 0 Å². The quantitative estimate of drug-likeness (QED) is 0.0268. The molecule has 0 spiro atoms. The van der Waals surface area contributed by atoms with Gasteiger partial charge in [-0.3, -0.25) is 18.9 Å². The van der Waals surface area contributed by atoms with Crippen LogP contribution in [0, 0.1) is 11.8 Å². The first kappa shape index (κ1) is 48.6. The molecule has 0 aromatic heterocycles. The topological polar surface area (TPSA) is 157 Å². The smallest absolute Gasteiger partial charge is 0.462 e. The van der Waals surface area contributed by atoms with Crippen LogP contribution in [0.3, 0.4) is 0 Å². The minimum atomic E-state index is -4.83. The number of aliphatic hydroxyl groups is 1. The number of hydrogen-bond acceptors (Lipinski definition) is 8. The highest BCUT2D eigenvalue weighted by atomic mass is 31.2. The number of phosphoric acid groups is 1. The number of esters is 2. The van der Waals surface area contributed by atoms with Crippen LogP contribution in [0.2, 0.25) is 0 Å². The van der Waals surface area contributed by atoms with Gasteiger partial charge in [0.05, 0.1) is 12.7 Å². The number of hydrogen-bond donors (Lipinski definition) is 3. The zero-order chi connectivity index (χ0) is 39.7. The van der Waals surface area contributed by atoms with Gasteiger partial charge in [-0.05, 0) is 82.6 Å². The van der Waals surface area contributed by atoms with Crippen molar-refractivity contribution in [2.75, 3.05) is 13.2 Å². The maximum atomic E-state index is 12.5. The van der Waals surface area contributed by atoms with E-state index in [1.165, 1.54) is 0 Å². The number of phosphoric ester groups is 1. The van der Waals surface area contributed by atoms with Gasteiger partial charge >= 0.3 is 19.8 Å². The molecule has 0 fully saturated rings. The molecular formula is C43H65O10P. The van der Waals surface area contributed by atoms with Gasteiger partial charge in [-0.1, -0.05) is 124 Å². The zero-order valence-corrected chi connectivity index (χ0v) is 33.3. The number of ether oxygens (including phenoxy) is 2. The predicted octanol–water partition coefficient (Wildman–Crippen LogP) is 9.46. The summed E-state index contributed by atoms with van der Waals surface area (Å²) in [5.74, 6) is -1.38. The van der Waals surface area contributed by atoms with Crippen molar-refractivity contribution < 1.29 is 47.8 Å². The fourth-order valence-electron chi connectivity index (χ4n) is 5.34. The van der Waals surface area contributed by atoms with Crippen LogP contribution in [0.4, 0.5) is 0 Å². The third-order valence-electron chi connectivity index (χ3n) is 8.33. The van der Waals surface area contributed by atoms with E-state index >= 15 is 0 Å². The Hall–Kier alpha value is -3.40. The van der Waals surface area contributed by atoms with E-state index in [1.54, 1.807) is 12.2 Å². The molecule has 1 rings (SSSR count). The molecule has 0 aliphatic heterocycles. The van der Waals surface area contributed by atoms with Crippen LogP contribution >= 0.6 is 7.82 Å². The van der Waals surface area contributed by atoms with E-state index in [2.05, 4.69) is 67.0 Å². The van der Waals surface area contributed by atoms with Gasteiger partial charge in [0.25, 0.3) is 0 Å². The number of aliphatic hydroxyl groups excluding tert-OH is 1. The number of ketones is 1. The first-order valence-electron chi connectivity index (χ1n) is 19.6. The van der Waals surface area contributed by atoms with Crippen LogP contribution in [-0.2, 0) is 32.9 Å². The fourth-order valence-corrected chi connectivity index (χ4v) is 5.70. The SMILES string of the molecule is CC/C=C\C/C=C\C/C=C\C/C=C\C/C=C\CCCC(=O)OC[C@H](COP(=O)(O)O)OC(=O)CCC/C=C\C[C@H]1C=CC(=O)[C@@H]1/C=C/[C@@H](O)CCCCC. The zero-order valence-electron chi connectivity index (χ0n) is 32.4. The summed E-state index contributed by atoms with van der Waals surface area (Å²) < 4.78 is 26.3. The molecule has 0 aromatic rings. The number of carbonyl (C=O) groups is 3. The van der Waals surface area contributed by atoms with E-state index in [1.807, 2.05) is 36.5 Å². The lowest BCUT2D eigenvalue weighted by Gasteiger charge is -2.18. The summed E-state index contributed by atoms with van der Waals surface area (Å²) in [6.45, 7) is 3.23. The summed E-state index contributed by atoms with van der Waals surface area (Å²) in [6.07, 6.45) is 41.9. The second kappa shape index (κ2) is 31.9. The maximum Gasteiger partial charge on any atom is 0.469 e. The Morgan fingerprint density at radius 3 is 1.94 bits per heavy atom. The highest BCUT2D eigenvalue weighted by Crippen LogP contribution is 2.36. The number of unbranched alkanes of at least 4 members (excludes halogenated alkanes) is 4. The second-order valence-electron chi connectivity index (χ2n) is 13.2. The molecule has 0 saturated carbocycles. The Balaban J connectivity index is 2.33. The molecule has 10 nitrogen and oxygen atoms in total. The van der Waals surface area contributed by atoms with E-state index in [0.29, 0.717) is 38.5 Å². The highest BCUT2D eigenvalue weighted by Gasteiger charge is 2.27. The molecule has 54 heavy (non-hydrogen) atoms. The average Bonchev–Trinajstić information content (AvgIpc) is 3.49. The van der Waals surface area contributed by atoms with Crippen molar-refractivity contribution in [1.82, 2.24) is 0 Å². The molecule has 0 heterocycles. The lowest BCUT2D eigenvalue weighted by molar-refractivity contribution is -0.161. The molecule has 3 N–H and O–H groups in total. The lowest BCUT2D eigenvalue weighted by Crippen LogP contribution is -2.29. The van der Waals surface area contributed by atoms with Crippen molar-refractivity contribution >= 4 is 25.5 Å². The van der Waals surface area contributed by atoms with Gasteiger partial charge in [-0.25, -0.2) is 4.57 Å². The third-order valence-corrected chi connectivity index (χ3v) is 8.82. The first-order valence-corrected chi connectivity index (χ1v) is 21.1. The van der Waals surface area contributed by atoms with Gasteiger partial charge in [0.1, 0.15) is 6.61 Å². The average molecular weight is 773 g/mol. The van der Waals surface area contributed by atoms with Gasteiger partial charge in [0.2, 0.25) is 0 Å². The molecular weight excluding hydrogens is 707 g/mol. The standard InChI is InChI=1S/C43H65O10P/c1-3-5-7-8-9-10-11-12-13-14-15-16-17-18-19-20-25-29-42(46)51-35-39(36-52-54(48,49)50)53-43(47)30-26-22-21-24-27-37-31-34-41(45)40(37)33-32-38(44)28-23-6-4-2/h5,7,9-10,12-13,15-16,18-19,21,24,31-34,37-40,44H,3-4,6,8,11,14,17,20,22-23,25-30,35-36H2,1-2H3,(H2,48,49,50)/b7-5-,10-9-,13-12-,16-15-,19-18-,24-21-,33-32+/t37-,38-,39+,40+/m0/s1. The third kappa shape index (κ3) is 28.1. The van der Waals surface area contributed by atoms with Crippen molar-refractivity contribution in [3.05, 3.63) is 97.2 Å². The van der Waals surface area contributed by atoms with Crippen LogP contribution in [0.1, 0.15) is 117 Å². The van der Waals surface area contributed by atoms with Crippen molar-refractivity contribution in [2.24, 2.45) is 11.8 Å². The summed E-state index contributed by atoms with van der Waals surface area (Å²) in [6, 6.07) is 0. The molecule has 0 saturated heterocycles. The summed E-state index contributed by atoms with van der Waals surface area (Å²) in [7, 11) is -4.83. The molecule has 302 valence electrons. The van der Waals surface area contributed by atoms with Crippen molar-refractivity contribution in [3.63, 3.8) is 0 Å². The van der Waals surface area contributed by atoms with Gasteiger partial charge < -0.3 is 24.4 Å². The monoisotopic (exact) mass is 772 g/mol. The Labute approximate surface area is 323 Å². The largest absolute Gasteiger partial charge is 0.469 e. The number of rotatable bonds is 31. The van der Waals surface area contributed by atoms with E-state index in [-0.39, 0.29) is 37.1 Å². The van der Waals surface area contributed by atoms with Crippen molar-refractivity contribution in [1.29, 1.82) is 0 Å². The Morgan fingerprint density at radius 1 is 0.778 bits per heavy atom. The fraction of sp³-hybridized carbons (Fsp3) is 0.558. The minimum absolute atomic E-state index is 0.00775. The van der Waals surface area contributed by atoms with Crippen LogP contribution in [0.5, 0.6) is 0 Å². The second-order valence-corrected chi connectivity index (χ2v) is 14.4. The summed E-state index contributed by atoms with van der Waals surface area (Å²) >= 11 is 0. The van der Waals surface area contributed by atoms with E-state index in [9.17, 15) is 24.1 Å². The Kier molecular flexibility index (Phi) is 28.7. The molecule has 0 unspecified atom stereocenters. The molecule has 1 aliphatic rings. The van der Waals surface area contributed by atoms with Crippen molar-refractivity contribution in [2.45, 2.75) is 129 Å². The molecule has 11 heteroatoms. The van der Waals surface area contributed by atoms with E-state index in [4.69, 9.17) is 19.3 Å². The van der Waals surface area contributed by atoms with Crippen LogP contribution in [0.15, 0.2) is 97.2 Å². The summed E-state index contributed by atoms with van der Waals surface area (Å²) in [4.78, 5) is 55.2. The van der Waals surface area contributed by atoms with Gasteiger partial charge in [0.15, 0.2) is 11.9 Å². The van der Waals surface area contributed by atoms with E-state index < -0.39 is 38.6 Å². The lowest BCUT2D eigenvalue weighted by atomic mass is 9.90. The molecule has 0 bridgehead atoms. The van der Waals surface area contributed by atoms with Gasteiger partial charge in [0, 0.05) is 18.8 Å². The number of carbonyl (C=O) groups excluding carboxylic acids is 3. The summed E-state index contributed by atoms with van der Waals surface area (Å²) in [5, 5.41) is 10.2. The summed E-state index contributed by atoms with van der Waals surface area (Å²) in [5.41, 5.74) is 0. The van der Waals surface area contributed by atoms with E-state index in [0.717, 1.165) is 51.4 Å². The highest BCUT2D eigenvalue weighted by molar-refractivity contribution is 7.46. The maximum absolute atomic E-state index is 12.5.